The number of thioether (sulfide) groups is 1. The Hall–Kier alpha value is -2.95. The van der Waals surface area contributed by atoms with E-state index in [9.17, 15) is 22.0 Å². The second-order valence-electron chi connectivity index (χ2n) is 6.77. The van der Waals surface area contributed by atoms with Crippen LogP contribution in [0.5, 0.6) is 0 Å². The quantitative estimate of drug-likeness (QED) is 0.398. The summed E-state index contributed by atoms with van der Waals surface area (Å²) in [6.45, 7) is 0.349. The highest BCUT2D eigenvalue weighted by Gasteiger charge is 2.12. The second-order valence-corrected chi connectivity index (χ2v) is 9.39. The first-order valence-electron chi connectivity index (χ1n) is 9.53. The van der Waals surface area contributed by atoms with Gasteiger partial charge in [-0.05, 0) is 60.5 Å². The third-order valence-corrected chi connectivity index (χ3v) is 6.13. The maximum absolute atomic E-state index is 12.7. The van der Waals surface area contributed by atoms with Crippen LogP contribution in [0.15, 0.2) is 82.6 Å². The summed E-state index contributed by atoms with van der Waals surface area (Å²) in [7, 11) is -3.74. The van der Waals surface area contributed by atoms with Crippen molar-refractivity contribution >= 4 is 39.1 Å². The Balaban J connectivity index is 1.60. The summed E-state index contributed by atoms with van der Waals surface area (Å²) in [5, 5.41) is 11.1. The summed E-state index contributed by atoms with van der Waals surface area (Å²) < 4.78 is 47.5. The molecule has 0 saturated carbocycles. The second kappa shape index (κ2) is 10.6. The van der Waals surface area contributed by atoms with Gasteiger partial charge in [-0.3, -0.25) is 4.79 Å². The number of hydrogen-bond acceptors (Lipinski definition) is 5. The number of primary sulfonamides is 1. The highest BCUT2D eigenvalue weighted by atomic mass is 32.2. The molecule has 3 aromatic carbocycles. The Kier molecular flexibility index (Phi) is 7.84. The standard InChI is InChI=1S/C22H21F2N3O3S2/c23-22(24)31-17-9-7-16(8-10-17)27-20-4-2-1-3-19(20)21(28)26-14-13-15-5-11-18(12-6-15)32(25,29)30/h1-12,22,27H,13-14H2,(H,26,28)(H2,25,29,30). The number of benzene rings is 3. The fraction of sp³-hybridized carbons (Fsp3) is 0.136. The zero-order valence-corrected chi connectivity index (χ0v) is 18.4. The van der Waals surface area contributed by atoms with Gasteiger partial charge in [0.2, 0.25) is 10.0 Å². The van der Waals surface area contributed by atoms with Crippen molar-refractivity contribution in [1.29, 1.82) is 0 Å². The Morgan fingerprint density at radius 3 is 2.25 bits per heavy atom. The van der Waals surface area contributed by atoms with Crippen molar-refractivity contribution in [3.8, 4) is 0 Å². The van der Waals surface area contributed by atoms with Crippen LogP contribution in [0.1, 0.15) is 15.9 Å². The number of carbonyl (C=O) groups is 1. The number of rotatable bonds is 9. The number of anilines is 2. The zero-order chi connectivity index (χ0) is 23.1. The van der Waals surface area contributed by atoms with Gasteiger partial charge in [-0.25, -0.2) is 13.6 Å². The van der Waals surface area contributed by atoms with Crippen LogP contribution in [0.3, 0.4) is 0 Å². The van der Waals surface area contributed by atoms with Gasteiger partial charge in [-0.1, -0.05) is 36.0 Å². The summed E-state index contributed by atoms with van der Waals surface area (Å²) in [5.41, 5.74) is 2.53. The van der Waals surface area contributed by atoms with Crippen molar-refractivity contribution in [2.24, 2.45) is 5.14 Å². The molecule has 0 aliphatic rings. The van der Waals surface area contributed by atoms with Crippen molar-refractivity contribution in [3.05, 3.63) is 83.9 Å². The van der Waals surface area contributed by atoms with Crippen molar-refractivity contribution in [1.82, 2.24) is 5.32 Å². The molecule has 0 aliphatic heterocycles. The molecular formula is C22H21F2N3O3S2. The first-order chi connectivity index (χ1) is 15.2. The molecule has 0 fully saturated rings. The van der Waals surface area contributed by atoms with Crippen molar-refractivity contribution in [2.45, 2.75) is 22.0 Å². The summed E-state index contributed by atoms with van der Waals surface area (Å²) >= 11 is 0.469. The SMILES string of the molecule is NS(=O)(=O)c1ccc(CCNC(=O)c2ccccc2Nc2ccc(SC(F)F)cc2)cc1. The maximum Gasteiger partial charge on any atom is 0.288 e. The molecule has 0 saturated heterocycles. The highest BCUT2D eigenvalue weighted by Crippen LogP contribution is 2.28. The fourth-order valence-electron chi connectivity index (χ4n) is 2.93. The van der Waals surface area contributed by atoms with Crippen LogP contribution in [0.4, 0.5) is 20.2 Å². The normalized spacial score (nSPS) is 11.4. The Bertz CT molecular complexity index is 1170. The maximum atomic E-state index is 12.7. The molecule has 0 unspecified atom stereocenters. The van der Waals surface area contributed by atoms with E-state index >= 15 is 0 Å². The molecule has 0 heterocycles. The minimum Gasteiger partial charge on any atom is -0.355 e. The summed E-state index contributed by atoms with van der Waals surface area (Å²) in [5.74, 6) is -2.76. The van der Waals surface area contributed by atoms with Crippen molar-refractivity contribution in [3.63, 3.8) is 0 Å². The van der Waals surface area contributed by atoms with Gasteiger partial charge in [0, 0.05) is 17.1 Å². The molecule has 32 heavy (non-hydrogen) atoms. The van der Waals surface area contributed by atoms with E-state index in [2.05, 4.69) is 10.6 Å². The minimum absolute atomic E-state index is 0.0334. The molecule has 1 amide bonds. The van der Waals surface area contributed by atoms with Gasteiger partial charge in [0.1, 0.15) is 0 Å². The third-order valence-electron chi connectivity index (χ3n) is 4.48. The van der Waals surface area contributed by atoms with Gasteiger partial charge in [0.25, 0.3) is 11.7 Å². The Morgan fingerprint density at radius 1 is 0.969 bits per heavy atom. The van der Waals surface area contributed by atoms with Crippen LogP contribution < -0.4 is 15.8 Å². The molecule has 0 spiro atoms. The number of amides is 1. The highest BCUT2D eigenvalue weighted by molar-refractivity contribution is 7.99. The summed E-state index contributed by atoms with van der Waals surface area (Å²) in [6.07, 6.45) is 0.509. The average molecular weight is 478 g/mol. The monoisotopic (exact) mass is 477 g/mol. The number of hydrogen-bond donors (Lipinski definition) is 3. The lowest BCUT2D eigenvalue weighted by molar-refractivity contribution is 0.0955. The van der Waals surface area contributed by atoms with Gasteiger partial charge in [-0.2, -0.15) is 8.78 Å². The van der Waals surface area contributed by atoms with E-state index in [1.54, 1.807) is 60.7 Å². The van der Waals surface area contributed by atoms with Crippen molar-refractivity contribution < 1.29 is 22.0 Å². The molecule has 0 aliphatic carbocycles. The van der Waals surface area contributed by atoms with Crippen LogP contribution >= 0.6 is 11.8 Å². The van der Waals surface area contributed by atoms with E-state index in [4.69, 9.17) is 5.14 Å². The number of alkyl halides is 2. The third kappa shape index (κ3) is 6.78. The molecule has 0 atom stereocenters. The molecule has 168 valence electrons. The largest absolute Gasteiger partial charge is 0.355 e. The van der Waals surface area contributed by atoms with E-state index in [0.717, 1.165) is 5.56 Å². The molecule has 0 radical (unpaired) electrons. The number of carbonyl (C=O) groups excluding carboxylic acids is 1. The molecule has 3 rings (SSSR count). The van der Waals surface area contributed by atoms with E-state index in [0.29, 0.717) is 46.6 Å². The van der Waals surface area contributed by atoms with E-state index in [1.807, 2.05) is 0 Å². The summed E-state index contributed by atoms with van der Waals surface area (Å²) in [6, 6.07) is 19.6. The van der Waals surface area contributed by atoms with E-state index in [-0.39, 0.29) is 10.8 Å². The molecular weight excluding hydrogens is 456 g/mol. The Morgan fingerprint density at radius 2 is 1.62 bits per heavy atom. The lowest BCUT2D eigenvalue weighted by atomic mass is 10.1. The van der Waals surface area contributed by atoms with E-state index < -0.39 is 15.8 Å². The molecule has 0 bridgehead atoms. The minimum atomic E-state index is -3.74. The molecule has 10 heteroatoms. The van der Waals surface area contributed by atoms with Crippen LogP contribution in [0, 0.1) is 0 Å². The van der Waals surface area contributed by atoms with Gasteiger partial charge in [0.15, 0.2) is 0 Å². The Labute approximate surface area is 189 Å². The van der Waals surface area contributed by atoms with Crippen LogP contribution in [-0.4, -0.2) is 26.6 Å². The number of nitrogens with two attached hydrogens (primary N) is 1. The predicted octanol–water partition coefficient (Wildman–Crippen LogP) is 4.36. The number of halogens is 2. The lowest BCUT2D eigenvalue weighted by Crippen LogP contribution is -2.26. The van der Waals surface area contributed by atoms with E-state index in [1.165, 1.54) is 12.1 Å². The van der Waals surface area contributed by atoms with Gasteiger partial charge in [0.05, 0.1) is 16.1 Å². The van der Waals surface area contributed by atoms with Gasteiger partial charge < -0.3 is 10.6 Å². The smallest absolute Gasteiger partial charge is 0.288 e. The molecule has 0 aromatic heterocycles. The number of para-hydroxylation sites is 1. The van der Waals surface area contributed by atoms with Crippen LogP contribution in [0.2, 0.25) is 0 Å². The fourth-order valence-corrected chi connectivity index (χ4v) is 3.94. The average Bonchev–Trinajstić information content (AvgIpc) is 2.75. The summed E-state index contributed by atoms with van der Waals surface area (Å²) in [4.78, 5) is 13.2. The van der Waals surface area contributed by atoms with Gasteiger partial charge >= 0.3 is 0 Å². The molecule has 6 nitrogen and oxygen atoms in total. The molecule has 4 N–H and O–H groups in total. The number of sulfonamides is 1. The first-order valence-corrected chi connectivity index (χ1v) is 12.0. The predicted molar refractivity (Wildman–Crippen MR) is 122 cm³/mol. The van der Waals surface area contributed by atoms with Gasteiger partial charge in [-0.15, -0.1) is 0 Å². The van der Waals surface area contributed by atoms with Crippen LogP contribution in [-0.2, 0) is 16.4 Å². The first kappa shape index (κ1) is 23.7. The van der Waals surface area contributed by atoms with Crippen molar-refractivity contribution in [2.75, 3.05) is 11.9 Å². The topological polar surface area (TPSA) is 101 Å². The number of nitrogens with one attached hydrogen (secondary N) is 2. The van der Waals surface area contributed by atoms with Crippen LogP contribution in [0.25, 0.3) is 0 Å². The zero-order valence-electron chi connectivity index (χ0n) is 16.8. The molecule has 3 aromatic rings. The lowest BCUT2D eigenvalue weighted by Gasteiger charge is -2.13.